The van der Waals surface area contributed by atoms with E-state index >= 15 is 0 Å². The first-order chi connectivity index (χ1) is 8.77. The van der Waals surface area contributed by atoms with E-state index in [9.17, 15) is 4.79 Å². The molecule has 1 amide bonds. The van der Waals surface area contributed by atoms with Crippen molar-refractivity contribution in [3.05, 3.63) is 23.9 Å². The molecule has 0 bridgehead atoms. The van der Waals surface area contributed by atoms with Crippen LogP contribution in [0.2, 0.25) is 0 Å². The van der Waals surface area contributed by atoms with Crippen molar-refractivity contribution in [1.29, 1.82) is 0 Å². The molecule has 0 unspecified atom stereocenters. The maximum atomic E-state index is 11.8. The quantitative estimate of drug-likeness (QED) is 0.697. The molecule has 0 saturated heterocycles. The zero-order chi connectivity index (χ0) is 13.2. The van der Waals surface area contributed by atoms with Gasteiger partial charge in [0, 0.05) is 13.1 Å². The minimum absolute atomic E-state index is 0.0914. The van der Waals surface area contributed by atoms with E-state index in [1.54, 1.807) is 6.07 Å². The number of anilines is 1. The van der Waals surface area contributed by atoms with Gasteiger partial charge in [-0.05, 0) is 25.0 Å². The molecule has 0 aromatic carbocycles. The predicted octanol–water partition coefficient (Wildman–Crippen LogP) is 2.82. The molecule has 0 spiro atoms. The lowest BCUT2D eigenvalue weighted by atomic mass is 10.2. The molecule has 1 rings (SSSR count). The summed E-state index contributed by atoms with van der Waals surface area (Å²) in [5.41, 5.74) is 0.479. The van der Waals surface area contributed by atoms with Crippen molar-refractivity contribution < 1.29 is 4.79 Å². The summed E-state index contributed by atoms with van der Waals surface area (Å²) < 4.78 is 0. The van der Waals surface area contributed by atoms with E-state index in [4.69, 9.17) is 0 Å². The van der Waals surface area contributed by atoms with Gasteiger partial charge in [-0.25, -0.2) is 4.98 Å². The van der Waals surface area contributed by atoms with E-state index in [-0.39, 0.29) is 5.91 Å². The molecule has 18 heavy (non-hydrogen) atoms. The normalized spacial score (nSPS) is 10.1. The maximum Gasteiger partial charge on any atom is 0.269 e. The lowest BCUT2D eigenvalue weighted by Gasteiger charge is -2.07. The molecule has 0 fully saturated rings. The van der Waals surface area contributed by atoms with Gasteiger partial charge in [-0.3, -0.25) is 4.79 Å². The minimum Gasteiger partial charge on any atom is -0.370 e. The molecular formula is C14H23N3O. The molecule has 4 nitrogen and oxygen atoms in total. The molecule has 0 aliphatic heterocycles. The van der Waals surface area contributed by atoms with E-state index < -0.39 is 0 Å². The van der Waals surface area contributed by atoms with Crippen LogP contribution in [0.5, 0.6) is 0 Å². The summed E-state index contributed by atoms with van der Waals surface area (Å²) in [6.07, 6.45) is 4.36. The van der Waals surface area contributed by atoms with Gasteiger partial charge in [0.1, 0.15) is 11.5 Å². The van der Waals surface area contributed by atoms with E-state index in [1.165, 1.54) is 0 Å². The van der Waals surface area contributed by atoms with Crippen LogP contribution in [0.15, 0.2) is 18.2 Å². The SMILES string of the molecule is CCCCCNC(=O)c1cccc(NCCC)n1. The number of hydrogen-bond acceptors (Lipinski definition) is 3. The third-order valence-electron chi connectivity index (χ3n) is 2.60. The van der Waals surface area contributed by atoms with Crippen LogP contribution in [0.4, 0.5) is 5.82 Å². The molecule has 1 heterocycles. The van der Waals surface area contributed by atoms with Crippen LogP contribution in [0.3, 0.4) is 0 Å². The van der Waals surface area contributed by atoms with Crippen molar-refractivity contribution in [2.45, 2.75) is 39.5 Å². The summed E-state index contributed by atoms with van der Waals surface area (Å²) in [4.78, 5) is 16.1. The van der Waals surface area contributed by atoms with Crippen LogP contribution in [-0.4, -0.2) is 24.0 Å². The lowest BCUT2D eigenvalue weighted by Crippen LogP contribution is -2.25. The fourth-order valence-electron chi connectivity index (χ4n) is 1.58. The van der Waals surface area contributed by atoms with Crippen LogP contribution < -0.4 is 10.6 Å². The van der Waals surface area contributed by atoms with E-state index in [2.05, 4.69) is 29.5 Å². The highest BCUT2D eigenvalue weighted by atomic mass is 16.1. The van der Waals surface area contributed by atoms with Crippen LogP contribution >= 0.6 is 0 Å². The van der Waals surface area contributed by atoms with Crippen molar-refractivity contribution in [3.63, 3.8) is 0 Å². The smallest absolute Gasteiger partial charge is 0.269 e. The summed E-state index contributed by atoms with van der Waals surface area (Å²) in [5, 5.41) is 6.06. The minimum atomic E-state index is -0.0914. The third kappa shape index (κ3) is 5.17. The number of hydrogen-bond donors (Lipinski definition) is 2. The number of rotatable bonds is 8. The molecule has 0 aliphatic rings. The fraction of sp³-hybridized carbons (Fsp3) is 0.571. The Balaban J connectivity index is 2.46. The number of carbonyl (C=O) groups excluding carboxylic acids is 1. The maximum absolute atomic E-state index is 11.8. The number of aromatic nitrogens is 1. The number of pyridine rings is 1. The van der Waals surface area contributed by atoms with Crippen molar-refractivity contribution >= 4 is 11.7 Å². The fourth-order valence-corrected chi connectivity index (χ4v) is 1.58. The van der Waals surface area contributed by atoms with Crippen molar-refractivity contribution in [2.75, 3.05) is 18.4 Å². The van der Waals surface area contributed by atoms with Gasteiger partial charge in [-0.15, -0.1) is 0 Å². The van der Waals surface area contributed by atoms with Crippen molar-refractivity contribution in [3.8, 4) is 0 Å². The van der Waals surface area contributed by atoms with Gasteiger partial charge in [-0.1, -0.05) is 32.8 Å². The summed E-state index contributed by atoms with van der Waals surface area (Å²) >= 11 is 0. The summed E-state index contributed by atoms with van der Waals surface area (Å²) in [7, 11) is 0. The predicted molar refractivity (Wildman–Crippen MR) is 74.9 cm³/mol. The van der Waals surface area contributed by atoms with E-state index in [1.807, 2.05) is 12.1 Å². The Morgan fingerprint density at radius 2 is 2.00 bits per heavy atom. The first-order valence-corrected chi connectivity index (χ1v) is 6.77. The van der Waals surface area contributed by atoms with Crippen LogP contribution in [-0.2, 0) is 0 Å². The Hall–Kier alpha value is -1.58. The molecule has 0 radical (unpaired) electrons. The molecule has 0 saturated carbocycles. The Bertz CT molecular complexity index is 366. The number of unbranched alkanes of at least 4 members (excludes halogenated alkanes) is 2. The molecule has 1 aromatic rings. The Kier molecular flexibility index (Phi) is 6.84. The lowest BCUT2D eigenvalue weighted by molar-refractivity contribution is 0.0948. The van der Waals surface area contributed by atoms with Crippen LogP contribution in [0, 0.1) is 0 Å². The second-order valence-electron chi connectivity index (χ2n) is 4.30. The number of amides is 1. The summed E-state index contributed by atoms with van der Waals surface area (Å²) in [6, 6.07) is 5.47. The highest BCUT2D eigenvalue weighted by molar-refractivity contribution is 5.92. The molecule has 0 atom stereocenters. The second kappa shape index (κ2) is 8.50. The number of carbonyl (C=O) groups is 1. The second-order valence-corrected chi connectivity index (χ2v) is 4.30. The molecule has 100 valence electrons. The van der Waals surface area contributed by atoms with Gasteiger partial charge < -0.3 is 10.6 Å². The number of nitrogens with one attached hydrogen (secondary N) is 2. The third-order valence-corrected chi connectivity index (χ3v) is 2.60. The van der Waals surface area contributed by atoms with Gasteiger partial charge in [0.05, 0.1) is 0 Å². The Morgan fingerprint density at radius 1 is 1.17 bits per heavy atom. The molecule has 2 N–H and O–H groups in total. The summed E-state index contributed by atoms with van der Waals surface area (Å²) in [6.45, 7) is 5.83. The Labute approximate surface area is 109 Å². The van der Waals surface area contributed by atoms with Gasteiger partial charge in [0.2, 0.25) is 0 Å². The first kappa shape index (κ1) is 14.5. The van der Waals surface area contributed by atoms with Gasteiger partial charge in [0.25, 0.3) is 5.91 Å². The van der Waals surface area contributed by atoms with Crippen molar-refractivity contribution in [2.24, 2.45) is 0 Å². The highest BCUT2D eigenvalue weighted by Crippen LogP contribution is 2.05. The Morgan fingerprint density at radius 3 is 2.72 bits per heavy atom. The van der Waals surface area contributed by atoms with Gasteiger partial charge >= 0.3 is 0 Å². The molecule has 4 heteroatoms. The molecule has 1 aromatic heterocycles. The average molecular weight is 249 g/mol. The van der Waals surface area contributed by atoms with Crippen LogP contribution in [0.1, 0.15) is 50.0 Å². The largest absolute Gasteiger partial charge is 0.370 e. The average Bonchev–Trinajstić information content (AvgIpc) is 2.41. The van der Waals surface area contributed by atoms with Gasteiger partial charge in [-0.2, -0.15) is 0 Å². The summed E-state index contributed by atoms with van der Waals surface area (Å²) in [5.74, 6) is 0.671. The van der Waals surface area contributed by atoms with Crippen molar-refractivity contribution in [1.82, 2.24) is 10.3 Å². The number of nitrogens with zero attached hydrogens (tertiary/aromatic N) is 1. The first-order valence-electron chi connectivity index (χ1n) is 6.77. The van der Waals surface area contributed by atoms with E-state index in [0.29, 0.717) is 5.69 Å². The van der Waals surface area contributed by atoms with E-state index in [0.717, 1.165) is 44.6 Å². The van der Waals surface area contributed by atoms with Crippen LogP contribution in [0.25, 0.3) is 0 Å². The standard InChI is InChI=1S/C14H23N3O/c1-3-5-6-11-16-14(18)12-8-7-9-13(17-12)15-10-4-2/h7-9H,3-6,10-11H2,1-2H3,(H,15,17)(H,16,18). The molecular weight excluding hydrogens is 226 g/mol. The van der Waals surface area contributed by atoms with Gasteiger partial charge in [0.15, 0.2) is 0 Å². The zero-order valence-electron chi connectivity index (χ0n) is 11.3. The monoisotopic (exact) mass is 249 g/mol. The zero-order valence-corrected chi connectivity index (χ0v) is 11.3. The highest BCUT2D eigenvalue weighted by Gasteiger charge is 2.06. The topological polar surface area (TPSA) is 54.0 Å². The molecule has 0 aliphatic carbocycles.